The summed E-state index contributed by atoms with van der Waals surface area (Å²) in [5, 5.41) is 8.00. The van der Waals surface area contributed by atoms with Gasteiger partial charge in [-0.25, -0.2) is 0 Å². The van der Waals surface area contributed by atoms with Gasteiger partial charge in [-0.3, -0.25) is 0 Å². The molecule has 0 radical (unpaired) electrons. The molecule has 0 saturated carbocycles. The van der Waals surface area contributed by atoms with Gasteiger partial charge in [0.15, 0.2) is 0 Å². The van der Waals surface area contributed by atoms with E-state index in [1.165, 1.54) is 90.1 Å². The Balaban J connectivity index is 1.32. The molecule has 9 aromatic rings. The topological polar surface area (TPSA) is 4.93 Å². The molecule has 0 atom stereocenters. The van der Waals surface area contributed by atoms with E-state index >= 15 is 0 Å². The molecule has 9 rings (SSSR count). The van der Waals surface area contributed by atoms with Gasteiger partial charge < -0.3 is 4.57 Å². The lowest BCUT2D eigenvalue weighted by Crippen LogP contribution is -1.94. The summed E-state index contributed by atoms with van der Waals surface area (Å²) in [7, 11) is 0. The van der Waals surface area contributed by atoms with E-state index in [4.69, 9.17) is 0 Å². The van der Waals surface area contributed by atoms with Crippen molar-refractivity contribution in [3.8, 4) is 16.8 Å². The zero-order valence-electron chi connectivity index (χ0n) is 22.7. The standard InChI is InChI=1S/C38H25NS2/c1-22-13-16-31-28(19-22)29-20-23(2)14-17-32(29)39(31)33-10-5-9-26-30-21-24(15-18-35(30)41-38(26)33)25-8-6-12-36-37(25)27-7-3-4-11-34(27)40-36/h3-21H,1-2H3. The van der Waals surface area contributed by atoms with E-state index in [1.54, 1.807) is 0 Å². The fourth-order valence-electron chi connectivity index (χ4n) is 6.65. The molecule has 0 aliphatic rings. The van der Waals surface area contributed by atoms with Crippen LogP contribution < -0.4 is 0 Å². The molecule has 0 bridgehead atoms. The molecule has 41 heavy (non-hydrogen) atoms. The van der Waals surface area contributed by atoms with Gasteiger partial charge in [0, 0.05) is 46.4 Å². The Morgan fingerprint density at radius 3 is 1.98 bits per heavy atom. The summed E-state index contributed by atoms with van der Waals surface area (Å²) in [6, 6.07) is 43.1. The van der Waals surface area contributed by atoms with Crippen molar-refractivity contribution in [3.05, 3.63) is 126 Å². The number of hydrogen-bond acceptors (Lipinski definition) is 2. The van der Waals surface area contributed by atoms with Gasteiger partial charge in [-0.15, -0.1) is 22.7 Å². The molecule has 3 aromatic heterocycles. The number of aromatic nitrogens is 1. The first-order valence-corrected chi connectivity index (χ1v) is 15.6. The van der Waals surface area contributed by atoms with Crippen LogP contribution in [0, 0.1) is 13.8 Å². The van der Waals surface area contributed by atoms with Crippen molar-refractivity contribution in [1.82, 2.24) is 4.57 Å². The minimum absolute atomic E-state index is 1.25. The number of rotatable bonds is 2. The molecular formula is C38H25NS2. The van der Waals surface area contributed by atoms with E-state index in [0.29, 0.717) is 0 Å². The molecule has 0 spiro atoms. The smallest absolute Gasteiger partial charge is 0.0640 e. The summed E-state index contributed by atoms with van der Waals surface area (Å²) in [5.74, 6) is 0. The van der Waals surface area contributed by atoms with E-state index < -0.39 is 0 Å². The Kier molecular flexibility index (Phi) is 4.84. The lowest BCUT2D eigenvalue weighted by molar-refractivity contribution is 1.20. The highest BCUT2D eigenvalue weighted by atomic mass is 32.1. The Labute approximate surface area is 245 Å². The molecular weight excluding hydrogens is 535 g/mol. The van der Waals surface area contributed by atoms with Crippen LogP contribution in [0.2, 0.25) is 0 Å². The number of fused-ring (bicyclic) bond motifs is 9. The number of benzene rings is 6. The van der Waals surface area contributed by atoms with Crippen LogP contribution in [0.15, 0.2) is 115 Å². The van der Waals surface area contributed by atoms with Gasteiger partial charge >= 0.3 is 0 Å². The predicted octanol–water partition coefficient (Wildman–Crippen LogP) is 11.8. The van der Waals surface area contributed by atoms with Crippen LogP contribution in [-0.2, 0) is 0 Å². The van der Waals surface area contributed by atoms with Crippen molar-refractivity contribution >= 4 is 84.8 Å². The SMILES string of the molecule is Cc1ccc2c(c1)c1cc(C)ccc1n2-c1cccc2c1sc1ccc(-c3cccc4sc5ccccc5c34)cc12. The van der Waals surface area contributed by atoms with Crippen molar-refractivity contribution in [2.75, 3.05) is 0 Å². The average Bonchev–Trinajstić information content (AvgIpc) is 3.66. The largest absolute Gasteiger partial charge is 0.308 e. The molecule has 0 saturated heterocycles. The molecule has 0 aliphatic heterocycles. The third-order valence-electron chi connectivity index (χ3n) is 8.51. The van der Waals surface area contributed by atoms with Crippen molar-refractivity contribution in [1.29, 1.82) is 0 Å². The second-order valence-electron chi connectivity index (χ2n) is 11.1. The summed E-state index contributed by atoms with van der Waals surface area (Å²) in [4.78, 5) is 0. The fourth-order valence-corrected chi connectivity index (χ4v) is 8.97. The number of aryl methyl sites for hydroxylation is 2. The van der Waals surface area contributed by atoms with Gasteiger partial charge in [-0.1, -0.05) is 71.8 Å². The summed E-state index contributed by atoms with van der Waals surface area (Å²) < 4.78 is 7.82. The highest BCUT2D eigenvalue weighted by molar-refractivity contribution is 7.26. The lowest BCUT2D eigenvalue weighted by Gasteiger charge is -2.09. The molecule has 0 fully saturated rings. The van der Waals surface area contributed by atoms with E-state index in [1.807, 2.05) is 22.7 Å². The van der Waals surface area contributed by atoms with E-state index in [9.17, 15) is 0 Å². The van der Waals surface area contributed by atoms with Crippen LogP contribution >= 0.6 is 22.7 Å². The van der Waals surface area contributed by atoms with Crippen LogP contribution in [0.25, 0.3) is 79.0 Å². The molecule has 0 N–H and O–H groups in total. The second-order valence-corrected chi connectivity index (χ2v) is 13.3. The number of thiophene rings is 2. The number of hydrogen-bond donors (Lipinski definition) is 0. The van der Waals surface area contributed by atoms with Crippen LogP contribution in [0.3, 0.4) is 0 Å². The maximum atomic E-state index is 2.47. The summed E-state index contributed by atoms with van der Waals surface area (Å²) >= 11 is 3.78. The molecule has 0 aliphatic carbocycles. The second kappa shape index (κ2) is 8.53. The molecule has 0 amide bonds. The molecule has 0 unspecified atom stereocenters. The molecule has 3 heterocycles. The van der Waals surface area contributed by atoms with Gasteiger partial charge in [-0.05, 0) is 79.6 Å². The minimum atomic E-state index is 1.25. The van der Waals surface area contributed by atoms with Gasteiger partial charge in [-0.2, -0.15) is 0 Å². The van der Waals surface area contributed by atoms with Crippen molar-refractivity contribution in [2.24, 2.45) is 0 Å². The van der Waals surface area contributed by atoms with Gasteiger partial charge in [0.1, 0.15) is 0 Å². The van der Waals surface area contributed by atoms with Crippen LogP contribution in [-0.4, -0.2) is 4.57 Å². The average molecular weight is 560 g/mol. The first-order chi connectivity index (χ1) is 20.1. The van der Waals surface area contributed by atoms with Crippen LogP contribution in [0.1, 0.15) is 11.1 Å². The van der Waals surface area contributed by atoms with E-state index in [-0.39, 0.29) is 0 Å². The quantitative estimate of drug-likeness (QED) is 0.198. The van der Waals surface area contributed by atoms with Crippen molar-refractivity contribution in [3.63, 3.8) is 0 Å². The monoisotopic (exact) mass is 559 g/mol. The van der Waals surface area contributed by atoms with Crippen LogP contribution in [0.4, 0.5) is 0 Å². The molecule has 3 heteroatoms. The van der Waals surface area contributed by atoms with E-state index in [2.05, 4.69) is 134 Å². The number of nitrogens with zero attached hydrogens (tertiary/aromatic N) is 1. The summed E-state index contributed by atoms with van der Waals surface area (Å²) in [6.07, 6.45) is 0. The first-order valence-electron chi connectivity index (χ1n) is 14.0. The van der Waals surface area contributed by atoms with E-state index in [0.717, 1.165) is 0 Å². The maximum absolute atomic E-state index is 2.47. The van der Waals surface area contributed by atoms with Gasteiger partial charge in [0.05, 0.1) is 21.4 Å². The zero-order valence-corrected chi connectivity index (χ0v) is 24.4. The Hall–Kier alpha value is -4.44. The Morgan fingerprint density at radius 1 is 0.488 bits per heavy atom. The third-order valence-corrected chi connectivity index (χ3v) is 10.9. The van der Waals surface area contributed by atoms with Crippen LogP contribution in [0.5, 0.6) is 0 Å². The summed E-state index contributed by atoms with van der Waals surface area (Å²) in [6.45, 7) is 4.37. The fraction of sp³-hybridized carbons (Fsp3) is 0.0526. The Bertz CT molecular complexity index is 2440. The van der Waals surface area contributed by atoms with Gasteiger partial charge in [0.25, 0.3) is 0 Å². The summed E-state index contributed by atoms with van der Waals surface area (Å²) in [5.41, 5.74) is 8.95. The van der Waals surface area contributed by atoms with Crippen molar-refractivity contribution < 1.29 is 0 Å². The maximum Gasteiger partial charge on any atom is 0.0640 e. The molecule has 1 nitrogen and oxygen atoms in total. The Morgan fingerprint density at radius 2 is 1.17 bits per heavy atom. The first kappa shape index (κ1) is 23.3. The zero-order chi connectivity index (χ0) is 27.2. The molecule has 194 valence electrons. The predicted molar refractivity (Wildman–Crippen MR) is 181 cm³/mol. The third kappa shape index (κ3) is 3.34. The normalized spacial score (nSPS) is 12.1. The lowest BCUT2D eigenvalue weighted by atomic mass is 9.98. The highest BCUT2D eigenvalue weighted by Gasteiger charge is 2.18. The van der Waals surface area contributed by atoms with Crippen molar-refractivity contribution in [2.45, 2.75) is 13.8 Å². The molecule has 6 aromatic carbocycles. The highest BCUT2D eigenvalue weighted by Crippen LogP contribution is 2.44. The van der Waals surface area contributed by atoms with Gasteiger partial charge in [0.2, 0.25) is 0 Å². The minimum Gasteiger partial charge on any atom is -0.308 e.